The van der Waals surface area contributed by atoms with E-state index in [2.05, 4.69) is 9.47 Å². The number of benzene rings is 1. The van der Waals surface area contributed by atoms with Crippen LogP contribution < -0.4 is 5.73 Å². The van der Waals surface area contributed by atoms with Crippen molar-refractivity contribution >= 4 is 22.1 Å². The number of nitrogens with two attached hydrogens (primary N) is 1. The summed E-state index contributed by atoms with van der Waals surface area (Å²) in [6.45, 7) is 5.54. The van der Waals surface area contributed by atoms with Crippen LogP contribution in [0.25, 0.3) is 0 Å². The number of carbonyl (C=O) groups is 2. The SMILES string of the molecule is CCOC(=O)C(CN)C(=O)OCC.Cc1ccc(S(=O)(=O)O)cc1. The molecule has 136 valence electrons. The number of aryl methyl sites for hydroxylation is 1. The molecule has 0 aliphatic heterocycles. The summed E-state index contributed by atoms with van der Waals surface area (Å²) in [6, 6.07) is 5.99. The van der Waals surface area contributed by atoms with Crippen LogP contribution in [0.5, 0.6) is 0 Å². The maximum Gasteiger partial charge on any atom is 0.321 e. The first-order valence-corrected chi connectivity index (χ1v) is 8.68. The van der Waals surface area contributed by atoms with Crippen LogP contribution in [0.1, 0.15) is 19.4 Å². The predicted octanol–water partition coefficient (Wildman–Crippen LogP) is 0.929. The Morgan fingerprint density at radius 2 is 1.50 bits per heavy atom. The van der Waals surface area contributed by atoms with Gasteiger partial charge in [0.2, 0.25) is 0 Å². The molecule has 0 radical (unpaired) electrons. The van der Waals surface area contributed by atoms with Gasteiger partial charge in [-0.2, -0.15) is 8.42 Å². The van der Waals surface area contributed by atoms with E-state index in [-0.39, 0.29) is 24.7 Å². The van der Waals surface area contributed by atoms with Gasteiger partial charge in [0.25, 0.3) is 10.1 Å². The van der Waals surface area contributed by atoms with Crippen LogP contribution in [0.3, 0.4) is 0 Å². The summed E-state index contributed by atoms with van der Waals surface area (Å²) in [5, 5.41) is 0. The monoisotopic (exact) mass is 361 g/mol. The molecule has 0 spiro atoms. The first kappa shape index (κ1) is 22.0. The highest BCUT2D eigenvalue weighted by atomic mass is 32.2. The molecular weight excluding hydrogens is 338 g/mol. The van der Waals surface area contributed by atoms with Gasteiger partial charge in [-0.05, 0) is 32.9 Å². The van der Waals surface area contributed by atoms with Crippen molar-refractivity contribution in [3.63, 3.8) is 0 Å². The Morgan fingerprint density at radius 3 is 1.79 bits per heavy atom. The Morgan fingerprint density at radius 1 is 1.08 bits per heavy atom. The van der Waals surface area contributed by atoms with Gasteiger partial charge in [0.15, 0.2) is 5.92 Å². The third kappa shape index (κ3) is 8.04. The molecule has 0 aromatic heterocycles. The molecule has 1 rings (SSSR count). The molecule has 1 aromatic carbocycles. The van der Waals surface area contributed by atoms with E-state index in [4.69, 9.17) is 10.3 Å². The van der Waals surface area contributed by atoms with Crippen molar-refractivity contribution in [3.8, 4) is 0 Å². The number of hydrogen-bond acceptors (Lipinski definition) is 7. The summed E-state index contributed by atoms with van der Waals surface area (Å²) in [5.74, 6) is -2.23. The van der Waals surface area contributed by atoms with E-state index in [1.54, 1.807) is 26.0 Å². The number of ether oxygens (including phenoxy) is 2. The quantitative estimate of drug-likeness (QED) is 0.434. The normalized spacial score (nSPS) is 10.6. The molecule has 0 fully saturated rings. The van der Waals surface area contributed by atoms with Gasteiger partial charge in [-0.15, -0.1) is 0 Å². The number of carbonyl (C=O) groups excluding carboxylic acids is 2. The van der Waals surface area contributed by atoms with Gasteiger partial charge in [0, 0.05) is 6.54 Å². The van der Waals surface area contributed by atoms with Crippen molar-refractivity contribution in [3.05, 3.63) is 29.8 Å². The molecule has 0 bridgehead atoms. The van der Waals surface area contributed by atoms with Crippen LogP contribution in [0, 0.1) is 12.8 Å². The smallest absolute Gasteiger partial charge is 0.321 e. The van der Waals surface area contributed by atoms with E-state index in [0.717, 1.165) is 5.56 Å². The molecule has 9 heteroatoms. The van der Waals surface area contributed by atoms with Gasteiger partial charge in [0.05, 0.1) is 18.1 Å². The largest absolute Gasteiger partial charge is 0.465 e. The Labute approximate surface area is 141 Å². The van der Waals surface area contributed by atoms with Crippen LogP contribution in [-0.4, -0.2) is 44.7 Å². The zero-order chi connectivity index (χ0) is 18.8. The minimum Gasteiger partial charge on any atom is -0.465 e. The molecule has 8 nitrogen and oxygen atoms in total. The highest BCUT2D eigenvalue weighted by Gasteiger charge is 2.27. The number of esters is 2. The topological polar surface area (TPSA) is 133 Å². The molecule has 0 amide bonds. The predicted molar refractivity (Wildman–Crippen MR) is 86.8 cm³/mol. The lowest BCUT2D eigenvalue weighted by molar-refractivity contribution is -0.160. The molecule has 0 atom stereocenters. The standard InChI is InChI=1S/C8H15NO4.C7H8O3S/c1-3-12-7(10)6(5-9)8(11)13-4-2;1-6-2-4-7(5-3-6)11(8,9)10/h6H,3-5,9H2,1-2H3;2-5H,1H3,(H,8,9,10). The average Bonchev–Trinajstić information content (AvgIpc) is 2.48. The van der Waals surface area contributed by atoms with E-state index < -0.39 is 28.0 Å². The lowest BCUT2D eigenvalue weighted by Crippen LogP contribution is -2.34. The summed E-state index contributed by atoms with van der Waals surface area (Å²) in [5.41, 5.74) is 6.19. The maximum absolute atomic E-state index is 11.1. The Kier molecular flexibility index (Phi) is 9.86. The Balaban J connectivity index is 0.000000446. The molecule has 0 unspecified atom stereocenters. The summed E-state index contributed by atoms with van der Waals surface area (Å²) < 4.78 is 38.8. The molecule has 1 aromatic rings. The van der Waals surface area contributed by atoms with Gasteiger partial charge in [-0.3, -0.25) is 14.1 Å². The van der Waals surface area contributed by atoms with Gasteiger partial charge < -0.3 is 15.2 Å². The van der Waals surface area contributed by atoms with Gasteiger partial charge in [-0.25, -0.2) is 0 Å². The molecule has 0 heterocycles. The van der Waals surface area contributed by atoms with Crippen molar-refractivity contribution in [2.45, 2.75) is 25.7 Å². The summed E-state index contributed by atoms with van der Waals surface area (Å²) in [6.07, 6.45) is 0. The summed E-state index contributed by atoms with van der Waals surface area (Å²) >= 11 is 0. The van der Waals surface area contributed by atoms with Crippen molar-refractivity contribution in [1.29, 1.82) is 0 Å². The number of hydrogen-bond donors (Lipinski definition) is 2. The molecule has 0 aliphatic rings. The molecule has 0 saturated carbocycles. The van der Waals surface area contributed by atoms with E-state index in [0.29, 0.717) is 0 Å². The van der Waals surface area contributed by atoms with Gasteiger partial charge >= 0.3 is 11.9 Å². The van der Waals surface area contributed by atoms with Crippen molar-refractivity contribution in [2.75, 3.05) is 19.8 Å². The minimum atomic E-state index is -4.02. The van der Waals surface area contributed by atoms with Gasteiger partial charge in [-0.1, -0.05) is 17.7 Å². The third-order valence-corrected chi connectivity index (χ3v) is 3.56. The molecule has 0 aliphatic carbocycles. The highest BCUT2D eigenvalue weighted by molar-refractivity contribution is 7.85. The summed E-state index contributed by atoms with van der Waals surface area (Å²) in [4.78, 5) is 22.1. The Bertz CT molecular complexity index is 608. The van der Waals surface area contributed by atoms with Crippen molar-refractivity contribution < 1.29 is 32.0 Å². The lowest BCUT2D eigenvalue weighted by Gasteiger charge is -2.11. The fourth-order valence-corrected chi connectivity index (χ4v) is 1.96. The second-order valence-electron chi connectivity index (χ2n) is 4.58. The van der Waals surface area contributed by atoms with Crippen LogP contribution in [0.15, 0.2) is 29.2 Å². The van der Waals surface area contributed by atoms with Crippen LogP contribution >= 0.6 is 0 Å². The zero-order valence-corrected chi connectivity index (χ0v) is 14.7. The van der Waals surface area contributed by atoms with E-state index in [1.165, 1.54) is 12.1 Å². The average molecular weight is 361 g/mol. The van der Waals surface area contributed by atoms with Crippen LogP contribution in [0.2, 0.25) is 0 Å². The molecule has 24 heavy (non-hydrogen) atoms. The maximum atomic E-state index is 11.1. The van der Waals surface area contributed by atoms with E-state index >= 15 is 0 Å². The van der Waals surface area contributed by atoms with Gasteiger partial charge in [0.1, 0.15) is 0 Å². The first-order chi connectivity index (χ1) is 11.2. The highest BCUT2D eigenvalue weighted by Crippen LogP contribution is 2.08. The van der Waals surface area contributed by atoms with Crippen molar-refractivity contribution in [1.82, 2.24) is 0 Å². The fraction of sp³-hybridized carbons (Fsp3) is 0.467. The molecule has 3 N–H and O–H groups in total. The third-order valence-electron chi connectivity index (χ3n) is 2.70. The minimum absolute atomic E-state index is 0.0666. The zero-order valence-electron chi connectivity index (χ0n) is 13.9. The van der Waals surface area contributed by atoms with Crippen LogP contribution in [0.4, 0.5) is 0 Å². The second-order valence-corrected chi connectivity index (χ2v) is 6.00. The number of rotatable bonds is 6. The molecule has 0 saturated heterocycles. The molecular formula is C15H23NO7S. The summed E-state index contributed by atoms with van der Waals surface area (Å²) in [7, 11) is -4.02. The fourth-order valence-electron chi connectivity index (χ4n) is 1.48. The second kappa shape index (κ2) is 10.7. The van der Waals surface area contributed by atoms with Crippen molar-refractivity contribution in [2.24, 2.45) is 11.7 Å². The van der Waals surface area contributed by atoms with Crippen LogP contribution in [-0.2, 0) is 29.2 Å². The van der Waals surface area contributed by atoms with E-state index in [9.17, 15) is 18.0 Å². The van der Waals surface area contributed by atoms with E-state index in [1.807, 2.05) is 6.92 Å². The first-order valence-electron chi connectivity index (χ1n) is 7.24. The Hall–Kier alpha value is -1.97. The lowest BCUT2D eigenvalue weighted by atomic mass is 10.1.